The molecule has 0 saturated carbocycles. The zero-order valence-electron chi connectivity index (χ0n) is 8.25. The second-order valence-electron chi connectivity index (χ2n) is 3.17. The highest BCUT2D eigenvalue weighted by molar-refractivity contribution is 9.09. The Bertz CT molecular complexity index is 264. The first-order valence-corrected chi connectivity index (χ1v) is 7.64. The maximum atomic E-state index is 11.0. The number of carbonyl (C=O) groups is 1. The molecule has 0 aliphatic carbocycles. The van der Waals surface area contributed by atoms with Crippen LogP contribution in [-0.4, -0.2) is 38.2 Å². The van der Waals surface area contributed by atoms with Crippen LogP contribution in [0.2, 0.25) is 0 Å². The number of rotatable bonds is 7. The average molecular weight is 286 g/mol. The number of alkyl halides is 1. The quantitative estimate of drug-likeness (QED) is 0.554. The number of nitrogens with one attached hydrogen (secondary N) is 1. The van der Waals surface area contributed by atoms with Gasteiger partial charge in [-0.3, -0.25) is 4.79 Å². The molecule has 0 spiro atoms. The van der Waals surface area contributed by atoms with Crippen molar-refractivity contribution >= 4 is 31.7 Å². The molecule has 4 nitrogen and oxygen atoms in total. The van der Waals surface area contributed by atoms with Gasteiger partial charge in [0.15, 0.2) is 9.84 Å². The molecule has 1 N–H and O–H groups in total. The first-order chi connectivity index (χ1) is 6.45. The van der Waals surface area contributed by atoms with Crippen LogP contribution in [0.5, 0.6) is 0 Å². The normalized spacial score (nSPS) is 11.3. The maximum Gasteiger partial charge on any atom is 0.235 e. The van der Waals surface area contributed by atoms with Crippen LogP contribution in [-0.2, 0) is 14.6 Å². The van der Waals surface area contributed by atoms with Crippen LogP contribution in [0.4, 0.5) is 0 Å². The summed E-state index contributed by atoms with van der Waals surface area (Å²) < 4.78 is 21.4. The van der Waals surface area contributed by atoms with Gasteiger partial charge in [-0.25, -0.2) is 8.42 Å². The molecule has 0 aliphatic rings. The van der Waals surface area contributed by atoms with E-state index in [1.807, 2.05) is 0 Å². The van der Waals surface area contributed by atoms with Crippen molar-refractivity contribution in [1.82, 2.24) is 5.32 Å². The van der Waals surface area contributed by atoms with E-state index in [-0.39, 0.29) is 0 Å². The van der Waals surface area contributed by atoms with E-state index in [0.717, 1.165) is 30.8 Å². The molecule has 0 atom stereocenters. The highest BCUT2D eigenvalue weighted by atomic mass is 79.9. The molecule has 0 rings (SSSR count). The molecular weight excluding hydrogens is 270 g/mol. The second-order valence-corrected chi connectivity index (χ2v) is 6.10. The van der Waals surface area contributed by atoms with Crippen molar-refractivity contribution in [2.45, 2.75) is 19.3 Å². The zero-order chi connectivity index (χ0) is 11.0. The monoisotopic (exact) mass is 285 g/mol. The van der Waals surface area contributed by atoms with Crippen LogP contribution >= 0.6 is 15.9 Å². The Labute approximate surface area is 93.5 Å². The van der Waals surface area contributed by atoms with Gasteiger partial charge in [-0.1, -0.05) is 22.4 Å². The van der Waals surface area contributed by atoms with E-state index >= 15 is 0 Å². The Morgan fingerprint density at radius 3 is 2.43 bits per heavy atom. The van der Waals surface area contributed by atoms with Gasteiger partial charge in [0.05, 0.1) is 0 Å². The molecule has 0 fully saturated rings. The molecule has 0 saturated heterocycles. The van der Waals surface area contributed by atoms with Crippen LogP contribution in [0.1, 0.15) is 19.3 Å². The number of hydrogen-bond acceptors (Lipinski definition) is 3. The van der Waals surface area contributed by atoms with Gasteiger partial charge in [0.25, 0.3) is 0 Å². The summed E-state index contributed by atoms with van der Waals surface area (Å²) in [5.74, 6) is -0.822. The number of unbranched alkanes of at least 4 members (excludes halogenated alkanes) is 2. The first-order valence-electron chi connectivity index (χ1n) is 4.46. The Morgan fingerprint density at radius 2 is 1.93 bits per heavy atom. The molecule has 0 aromatic heterocycles. The highest BCUT2D eigenvalue weighted by Gasteiger charge is 2.09. The molecular formula is C8H16BrNO3S. The van der Waals surface area contributed by atoms with Gasteiger partial charge in [-0.15, -0.1) is 0 Å². The Kier molecular flexibility index (Phi) is 7.17. The van der Waals surface area contributed by atoms with Crippen LogP contribution in [0.15, 0.2) is 0 Å². The fraction of sp³-hybridized carbons (Fsp3) is 0.875. The van der Waals surface area contributed by atoms with Crippen molar-refractivity contribution in [2.24, 2.45) is 0 Å². The molecule has 1 amide bonds. The summed E-state index contributed by atoms with van der Waals surface area (Å²) in [5, 5.41) is 3.53. The lowest BCUT2D eigenvalue weighted by molar-refractivity contribution is -0.118. The minimum Gasteiger partial charge on any atom is -0.355 e. The summed E-state index contributed by atoms with van der Waals surface area (Å²) >= 11 is 3.30. The molecule has 0 radical (unpaired) electrons. The lowest BCUT2D eigenvalue weighted by Gasteiger charge is -2.03. The third kappa shape index (κ3) is 9.98. The topological polar surface area (TPSA) is 63.2 Å². The van der Waals surface area contributed by atoms with Gasteiger partial charge in [0.2, 0.25) is 5.91 Å². The van der Waals surface area contributed by atoms with Gasteiger partial charge >= 0.3 is 0 Å². The zero-order valence-corrected chi connectivity index (χ0v) is 10.7. The summed E-state index contributed by atoms with van der Waals surface area (Å²) in [7, 11) is -3.19. The van der Waals surface area contributed by atoms with Crippen LogP contribution < -0.4 is 5.32 Å². The van der Waals surface area contributed by atoms with E-state index in [4.69, 9.17) is 0 Å². The van der Waals surface area contributed by atoms with Crippen molar-refractivity contribution < 1.29 is 13.2 Å². The lowest BCUT2D eigenvalue weighted by atomic mass is 10.2. The van der Waals surface area contributed by atoms with Gasteiger partial charge in [0.1, 0.15) is 5.75 Å². The lowest BCUT2D eigenvalue weighted by Crippen LogP contribution is -2.30. The fourth-order valence-corrected chi connectivity index (χ4v) is 1.89. The summed E-state index contributed by atoms with van der Waals surface area (Å²) in [6.45, 7) is 0.557. The van der Waals surface area contributed by atoms with E-state index in [1.54, 1.807) is 0 Å². The summed E-state index contributed by atoms with van der Waals surface area (Å²) in [4.78, 5) is 11.0. The minimum atomic E-state index is -3.19. The second kappa shape index (κ2) is 7.23. The predicted octanol–water partition coefficient (Wildman–Crippen LogP) is 0.712. The minimum absolute atomic E-state index is 0.411. The summed E-state index contributed by atoms with van der Waals surface area (Å²) in [5.41, 5.74) is 0. The van der Waals surface area contributed by atoms with Crippen molar-refractivity contribution in [2.75, 3.05) is 23.9 Å². The van der Waals surface area contributed by atoms with E-state index < -0.39 is 21.5 Å². The molecule has 0 unspecified atom stereocenters. The Morgan fingerprint density at radius 1 is 1.29 bits per heavy atom. The third-order valence-electron chi connectivity index (χ3n) is 1.53. The maximum absolute atomic E-state index is 11.0. The van der Waals surface area contributed by atoms with Crippen molar-refractivity contribution in [3.63, 3.8) is 0 Å². The van der Waals surface area contributed by atoms with E-state index in [0.29, 0.717) is 6.54 Å². The molecule has 0 aromatic carbocycles. The number of amides is 1. The Hall–Kier alpha value is -0.100. The van der Waals surface area contributed by atoms with Crippen molar-refractivity contribution in [3.8, 4) is 0 Å². The van der Waals surface area contributed by atoms with E-state index in [1.165, 1.54) is 0 Å². The smallest absolute Gasteiger partial charge is 0.235 e. The van der Waals surface area contributed by atoms with E-state index in [9.17, 15) is 13.2 Å². The number of carbonyl (C=O) groups excluding carboxylic acids is 1. The first kappa shape index (κ1) is 13.9. The van der Waals surface area contributed by atoms with Crippen LogP contribution in [0.25, 0.3) is 0 Å². The van der Waals surface area contributed by atoms with Crippen molar-refractivity contribution in [1.29, 1.82) is 0 Å². The third-order valence-corrected chi connectivity index (χ3v) is 2.87. The van der Waals surface area contributed by atoms with Gasteiger partial charge in [-0.2, -0.15) is 0 Å². The molecule has 0 heterocycles. The molecule has 14 heavy (non-hydrogen) atoms. The fourth-order valence-electron chi connectivity index (χ4n) is 0.913. The average Bonchev–Trinajstić information content (AvgIpc) is 2.00. The van der Waals surface area contributed by atoms with Gasteiger partial charge in [0, 0.05) is 18.1 Å². The highest BCUT2D eigenvalue weighted by Crippen LogP contribution is 1.96. The van der Waals surface area contributed by atoms with Gasteiger partial charge in [-0.05, 0) is 12.8 Å². The van der Waals surface area contributed by atoms with Crippen molar-refractivity contribution in [3.05, 3.63) is 0 Å². The predicted molar refractivity (Wildman–Crippen MR) is 60.4 cm³/mol. The molecule has 6 heteroatoms. The van der Waals surface area contributed by atoms with Crippen LogP contribution in [0, 0.1) is 0 Å². The summed E-state index contributed by atoms with van der Waals surface area (Å²) in [6.07, 6.45) is 4.05. The molecule has 84 valence electrons. The molecule has 0 aromatic rings. The van der Waals surface area contributed by atoms with Gasteiger partial charge < -0.3 is 5.32 Å². The SMILES string of the molecule is CS(=O)(=O)CC(=O)NCCCCCBr. The number of hydrogen-bond donors (Lipinski definition) is 1. The van der Waals surface area contributed by atoms with Crippen LogP contribution in [0.3, 0.4) is 0 Å². The molecule has 0 aliphatic heterocycles. The largest absolute Gasteiger partial charge is 0.355 e. The molecule has 0 bridgehead atoms. The Balaban J connectivity index is 3.46. The number of sulfone groups is 1. The standard InChI is InChI=1S/C8H16BrNO3S/c1-14(12,13)7-8(11)10-6-4-2-3-5-9/h2-7H2,1H3,(H,10,11). The number of halogens is 1. The summed E-state index contributed by atoms with van der Waals surface area (Å²) in [6, 6.07) is 0. The van der Waals surface area contributed by atoms with E-state index in [2.05, 4.69) is 21.2 Å².